The molecule has 0 saturated heterocycles. The third-order valence-electron chi connectivity index (χ3n) is 3.62. The van der Waals surface area contributed by atoms with Crippen LogP contribution in [-0.2, 0) is 9.59 Å². The Hall–Kier alpha value is -1.06. The Bertz CT molecular complexity index is 271. The molecule has 0 bridgehead atoms. The Morgan fingerprint density at radius 2 is 1.72 bits per heavy atom. The normalized spacial score (nSPS) is 23.4. The molecule has 0 aromatic rings. The molecule has 18 heavy (non-hydrogen) atoms. The quantitative estimate of drug-likeness (QED) is 0.582. The summed E-state index contributed by atoms with van der Waals surface area (Å²) in [6, 6.07) is 0.190. The third kappa shape index (κ3) is 5.52. The average molecular weight is 254 g/mol. The van der Waals surface area contributed by atoms with E-state index in [1.54, 1.807) is 0 Å². The lowest BCUT2D eigenvalue weighted by Crippen LogP contribution is -2.45. The summed E-state index contributed by atoms with van der Waals surface area (Å²) in [5.41, 5.74) is 0. The van der Waals surface area contributed by atoms with Gasteiger partial charge in [-0.05, 0) is 38.0 Å². The molecule has 0 heterocycles. The van der Waals surface area contributed by atoms with Gasteiger partial charge in [0.15, 0.2) is 0 Å². The Kier molecular flexibility index (Phi) is 6.76. The number of carbonyl (C=O) groups is 2. The molecule has 0 spiro atoms. The summed E-state index contributed by atoms with van der Waals surface area (Å²) in [5.74, 6) is -0.197. The van der Waals surface area contributed by atoms with Gasteiger partial charge in [0.2, 0.25) is 0 Å². The SMILES string of the molecule is CCCCCNC(=O)C(=O)NC1CCC(C)CC1. The topological polar surface area (TPSA) is 58.2 Å². The molecule has 0 aromatic heterocycles. The van der Waals surface area contributed by atoms with Crippen LogP contribution in [0.2, 0.25) is 0 Å². The molecule has 1 aliphatic rings. The van der Waals surface area contributed by atoms with Gasteiger partial charge in [-0.25, -0.2) is 0 Å². The molecule has 4 nitrogen and oxygen atoms in total. The predicted octanol–water partition coefficient (Wildman–Crippen LogP) is 1.99. The van der Waals surface area contributed by atoms with Crippen LogP contribution in [0.5, 0.6) is 0 Å². The van der Waals surface area contributed by atoms with Crippen LogP contribution < -0.4 is 10.6 Å². The second-order valence-electron chi connectivity index (χ2n) is 5.39. The second-order valence-corrected chi connectivity index (χ2v) is 5.39. The highest BCUT2D eigenvalue weighted by Crippen LogP contribution is 2.23. The fourth-order valence-electron chi connectivity index (χ4n) is 2.31. The van der Waals surface area contributed by atoms with E-state index in [1.807, 2.05) is 0 Å². The standard InChI is InChI=1S/C14H26N2O2/c1-3-4-5-10-15-13(17)14(18)16-12-8-6-11(2)7-9-12/h11-12H,3-10H2,1-2H3,(H,15,17)(H,16,18). The van der Waals surface area contributed by atoms with Gasteiger partial charge in [-0.2, -0.15) is 0 Å². The molecule has 0 atom stereocenters. The molecule has 2 N–H and O–H groups in total. The van der Waals surface area contributed by atoms with Crippen LogP contribution in [0.4, 0.5) is 0 Å². The summed E-state index contributed by atoms with van der Waals surface area (Å²) in [6.45, 7) is 4.94. The van der Waals surface area contributed by atoms with Crippen molar-refractivity contribution < 1.29 is 9.59 Å². The van der Waals surface area contributed by atoms with E-state index in [1.165, 1.54) is 0 Å². The lowest BCUT2D eigenvalue weighted by molar-refractivity contribution is -0.139. The number of unbranched alkanes of at least 4 members (excludes halogenated alkanes) is 2. The van der Waals surface area contributed by atoms with E-state index < -0.39 is 11.8 Å². The molecular weight excluding hydrogens is 228 g/mol. The van der Waals surface area contributed by atoms with Crippen molar-refractivity contribution in [1.29, 1.82) is 0 Å². The highest BCUT2D eigenvalue weighted by atomic mass is 16.2. The summed E-state index contributed by atoms with van der Waals surface area (Å²) in [4.78, 5) is 23.2. The first-order valence-corrected chi connectivity index (χ1v) is 7.22. The molecule has 1 saturated carbocycles. The van der Waals surface area contributed by atoms with Crippen molar-refractivity contribution in [2.45, 2.75) is 64.8 Å². The van der Waals surface area contributed by atoms with E-state index in [9.17, 15) is 9.59 Å². The zero-order chi connectivity index (χ0) is 13.4. The highest BCUT2D eigenvalue weighted by Gasteiger charge is 2.22. The van der Waals surface area contributed by atoms with Gasteiger partial charge in [-0.1, -0.05) is 26.7 Å². The maximum absolute atomic E-state index is 11.6. The first kappa shape index (κ1) is 15.0. The second kappa shape index (κ2) is 8.11. The number of hydrogen-bond acceptors (Lipinski definition) is 2. The Balaban J connectivity index is 2.17. The molecular formula is C14H26N2O2. The van der Waals surface area contributed by atoms with Gasteiger partial charge in [0.05, 0.1) is 0 Å². The van der Waals surface area contributed by atoms with E-state index in [-0.39, 0.29) is 6.04 Å². The fraction of sp³-hybridized carbons (Fsp3) is 0.857. The average Bonchev–Trinajstić information content (AvgIpc) is 2.37. The van der Waals surface area contributed by atoms with Crippen molar-refractivity contribution in [3.8, 4) is 0 Å². The van der Waals surface area contributed by atoms with E-state index >= 15 is 0 Å². The van der Waals surface area contributed by atoms with Crippen molar-refractivity contribution in [2.24, 2.45) is 5.92 Å². The number of amides is 2. The Labute approximate surface area is 110 Å². The van der Waals surface area contributed by atoms with Gasteiger partial charge in [0.25, 0.3) is 0 Å². The van der Waals surface area contributed by atoms with Crippen LogP contribution in [0, 0.1) is 5.92 Å². The fourth-order valence-corrected chi connectivity index (χ4v) is 2.31. The summed E-state index contributed by atoms with van der Waals surface area (Å²) in [6.07, 6.45) is 7.42. The zero-order valence-corrected chi connectivity index (χ0v) is 11.6. The molecule has 0 aliphatic heterocycles. The smallest absolute Gasteiger partial charge is 0.309 e. The molecule has 0 radical (unpaired) electrons. The Morgan fingerprint density at radius 3 is 2.33 bits per heavy atom. The molecule has 1 rings (SSSR count). The van der Waals surface area contributed by atoms with E-state index in [0.717, 1.165) is 50.9 Å². The van der Waals surface area contributed by atoms with Crippen molar-refractivity contribution in [3.63, 3.8) is 0 Å². The summed E-state index contributed by atoms with van der Waals surface area (Å²) in [5, 5.41) is 5.49. The summed E-state index contributed by atoms with van der Waals surface area (Å²) < 4.78 is 0. The Morgan fingerprint density at radius 1 is 1.06 bits per heavy atom. The van der Waals surface area contributed by atoms with Gasteiger partial charge < -0.3 is 10.6 Å². The van der Waals surface area contributed by atoms with Gasteiger partial charge >= 0.3 is 11.8 Å². The van der Waals surface area contributed by atoms with Crippen molar-refractivity contribution in [1.82, 2.24) is 10.6 Å². The summed E-state index contributed by atoms with van der Waals surface area (Å²) in [7, 11) is 0. The van der Waals surface area contributed by atoms with Crippen LogP contribution >= 0.6 is 0 Å². The lowest BCUT2D eigenvalue weighted by Gasteiger charge is -2.26. The van der Waals surface area contributed by atoms with Crippen LogP contribution in [0.3, 0.4) is 0 Å². The minimum absolute atomic E-state index is 0.190. The van der Waals surface area contributed by atoms with Gasteiger partial charge in [-0.15, -0.1) is 0 Å². The van der Waals surface area contributed by atoms with Crippen LogP contribution in [-0.4, -0.2) is 24.4 Å². The minimum atomic E-state index is -0.482. The van der Waals surface area contributed by atoms with Gasteiger partial charge in [-0.3, -0.25) is 9.59 Å². The number of carbonyl (C=O) groups excluding carboxylic acids is 2. The van der Waals surface area contributed by atoms with Crippen molar-refractivity contribution in [3.05, 3.63) is 0 Å². The third-order valence-corrected chi connectivity index (χ3v) is 3.62. The van der Waals surface area contributed by atoms with E-state index in [0.29, 0.717) is 6.54 Å². The molecule has 1 aliphatic carbocycles. The van der Waals surface area contributed by atoms with E-state index in [4.69, 9.17) is 0 Å². The number of hydrogen-bond donors (Lipinski definition) is 2. The van der Waals surface area contributed by atoms with Crippen LogP contribution in [0.1, 0.15) is 58.8 Å². The first-order chi connectivity index (χ1) is 8.63. The molecule has 0 unspecified atom stereocenters. The van der Waals surface area contributed by atoms with Gasteiger partial charge in [0, 0.05) is 12.6 Å². The predicted molar refractivity (Wildman–Crippen MR) is 72.1 cm³/mol. The van der Waals surface area contributed by atoms with Crippen LogP contribution in [0.15, 0.2) is 0 Å². The molecule has 1 fully saturated rings. The van der Waals surface area contributed by atoms with Crippen molar-refractivity contribution >= 4 is 11.8 Å². The first-order valence-electron chi connectivity index (χ1n) is 7.22. The largest absolute Gasteiger partial charge is 0.348 e. The van der Waals surface area contributed by atoms with Crippen LogP contribution in [0.25, 0.3) is 0 Å². The zero-order valence-electron chi connectivity index (χ0n) is 11.6. The maximum atomic E-state index is 11.6. The van der Waals surface area contributed by atoms with E-state index in [2.05, 4.69) is 24.5 Å². The molecule has 4 heteroatoms. The number of rotatable bonds is 5. The maximum Gasteiger partial charge on any atom is 0.309 e. The lowest BCUT2D eigenvalue weighted by atomic mass is 9.87. The molecule has 104 valence electrons. The monoisotopic (exact) mass is 254 g/mol. The van der Waals surface area contributed by atoms with Gasteiger partial charge in [0.1, 0.15) is 0 Å². The number of nitrogens with one attached hydrogen (secondary N) is 2. The summed E-state index contributed by atoms with van der Waals surface area (Å²) >= 11 is 0. The minimum Gasteiger partial charge on any atom is -0.348 e. The highest BCUT2D eigenvalue weighted by molar-refractivity contribution is 6.35. The molecule has 0 aromatic carbocycles. The van der Waals surface area contributed by atoms with Crippen molar-refractivity contribution in [2.75, 3.05) is 6.54 Å². The molecule has 2 amide bonds.